The Hall–Kier alpha value is 0.130. The molecule has 0 N–H and O–H groups in total. The van der Waals surface area contributed by atoms with E-state index < -0.39 is 15.4 Å². The Kier molecular flexibility index (Phi) is 15.7. The van der Waals surface area contributed by atoms with Gasteiger partial charge in [0.2, 0.25) is 0 Å². The van der Waals surface area contributed by atoms with E-state index in [1.165, 1.54) is 77.0 Å². The zero-order chi connectivity index (χ0) is 20.8. The van der Waals surface area contributed by atoms with Crippen LogP contribution in [0, 0.1) is 0 Å². The van der Waals surface area contributed by atoms with Crippen LogP contribution in [-0.2, 0) is 20.7 Å². The molecule has 0 spiro atoms. The molecule has 1 unspecified atom stereocenters. The van der Waals surface area contributed by atoms with Gasteiger partial charge in [-0.05, 0) is 30.4 Å². The molecule has 0 radical (unpaired) electrons. The van der Waals surface area contributed by atoms with E-state index in [-0.39, 0.29) is 29.6 Å². The fourth-order valence-electron chi connectivity index (χ4n) is 4.37. The van der Waals surface area contributed by atoms with Gasteiger partial charge in [-0.3, -0.25) is 4.18 Å². The van der Waals surface area contributed by atoms with Crippen LogP contribution in [0.25, 0.3) is 0 Å². The Labute approximate surface area is 208 Å². The molecule has 1 atom stereocenters. The summed E-state index contributed by atoms with van der Waals surface area (Å²) in [6.07, 6.45) is 19.6. The Morgan fingerprint density at radius 1 is 0.800 bits per heavy atom. The maximum atomic E-state index is 12.5. The monoisotopic (exact) mass is 446 g/mol. The first kappa shape index (κ1) is 28.2. The molecule has 1 aromatic carbocycles. The summed E-state index contributed by atoms with van der Waals surface area (Å²) in [6, 6.07) is 7.85. The van der Waals surface area contributed by atoms with Crippen LogP contribution < -0.4 is 0 Å². The van der Waals surface area contributed by atoms with Gasteiger partial charge in [0, 0.05) is 0 Å². The van der Waals surface area contributed by atoms with E-state index in [0.717, 1.165) is 30.4 Å². The molecule has 5 heteroatoms. The number of hydrogen-bond acceptors (Lipinski definition) is 3. The summed E-state index contributed by atoms with van der Waals surface area (Å²) >= 11 is 0. The molecular weight excluding hydrogens is 403 g/mol. The van der Waals surface area contributed by atoms with Crippen LogP contribution in [0.1, 0.15) is 120 Å². The van der Waals surface area contributed by atoms with Gasteiger partial charge in [0.05, 0.1) is 6.61 Å². The van der Waals surface area contributed by atoms with E-state index in [0.29, 0.717) is 13.0 Å². The van der Waals surface area contributed by atoms with Crippen molar-refractivity contribution in [2.45, 2.75) is 115 Å². The van der Waals surface area contributed by atoms with E-state index in [1.54, 1.807) is 0 Å². The van der Waals surface area contributed by atoms with Crippen molar-refractivity contribution in [2.75, 3.05) is 6.61 Å². The van der Waals surface area contributed by atoms with Crippen LogP contribution in [0.4, 0.5) is 0 Å². The minimum absolute atomic E-state index is 0. The summed E-state index contributed by atoms with van der Waals surface area (Å²) in [7, 11) is -3.49. The van der Waals surface area contributed by atoms with E-state index in [9.17, 15) is 8.42 Å². The second-order valence-electron chi connectivity index (χ2n) is 8.64. The van der Waals surface area contributed by atoms with E-state index in [1.807, 2.05) is 24.3 Å². The van der Waals surface area contributed by atoms with Gasteiger partial charge in [0.1, 0.15) is 5.25 Å². The predicted molar refractivity (Wildman–Crippen MR) is 130 cm³/mol. The molecule has 0 aliphatic heterocycles. The van der Waals surface area contributed by atoms with Crippen LogP contribution in [-0.4, -0.2) is 44.6 Å². The molecule has 0 saturated carbocycles. The second-order valence-corrected chi connectivity index (χ2v) is 10.4. The summed E-state index contributed by atoms with van der Waals surface area (Å²) in [5, 5.41) is -0.467. The maximum absolute atomic E-state index is 12.5. The zero-order valence-corrected chi connectivity index (χ0v) is 19.4. The third-order valence-electron chi connectivity index (χ3n) is 6.17. The van der Waals surface area contributed by atoms with E-state index in [2.05, 4.69) is 6.92 Å². The number of hydrogen-bond donors (Lipinski definition) is 0. The second kappa shape index (κ2) is 16.7. The average Bonchev–Trinajstić information content (AvgIpc) is 3.16. The van der Waals surface area contributed by atoms with Crippen molar-refractivity contribution in [1.82, 2.24) is 0 Å². The molecule has 0 amide bonds. The summed E-state index contributed by atoms with van der Waals surface area (Å²) in [5.74, 6) is 0. The Morgan fingerprint density at radius 2 is 1.30 bits per heavy atom. The van der Waals surface area contributed by atoms with E-state index >= 15 is 0 Å². The molecule has 0 heterocycles. The van der Waals surface area contributed by atoms with Crippen molar-refractivity contribution in [3.05, 3.63) is 35.4 Å². The summed E-state index contributed by atoms with van der Waals surface area (Å²) in [5.41, 5.74) is 2.09. The van der Waals surface area contributed by atoms with Crippen LogP contribution in [0.5, 0.6) is 0 Å². The summed E-state index contributed by atoms with van der Waals surface area (Å²) in [4.78, 5) is 0. The van der Waals surface area contributed by atoms with E-state index in [4.69, 9.17) is 4.18 Å². The van der Waals surface area contributed by atoms with Crippen LogP contribution in [0.15, 0.2) is 24.3 Å². The fraction of sp³-hybridized carbons (Fsp3) is 0.760. The number of rotatable bonds is 17. The third-order valence-corrected chi connectivity index (χ3v) is 7.85. The van der Waals surface area contributed by atoms with Gasteiger partial charge in [-0.25, -0.2) is 0 Å². The molecule has 1 aliphatic carbocycles. The van der Waals surface area contributed by atoms with Crippen molar-refractivity contribution in [3.8, 4) is 0 Å². The zero-order valence-electron chi connectivity index (χ0n) is 18.5. The van der Waals surface area contributed by atoms with Crippen molar-refractivity contribution >= 4 is 39.7 Å². The summed E-state index contributed by atoms with van der Waals surface area (Å²) in [6.45, 7) is 2.60. The molecule has 0 saturated heterocycles. The van der Waals surface area contributed by atoms with Gasteiger partial charge in [0.25, 0.3) is 10.1 Å². The molecule has 3 nitrogen and oxygen atoms in total. The van der Waals surface area contributed by atoms with Crippen molar-refractivity contribution in [1.29, 1.82) is 0 Å². The molecule has 0 aromatic heterocycles. The molecule has 1 aliphatic rings. The first-order valence-electron chi connectivity index (χ1n) is 12.1. The van der Waals surface area contributed by atoms with Crippen molar-refractivity contribution in [3.63, 3.8) is 0 Å². The number of benzene rings is 1. The first-order chi connectivity index (χ1) is 14.1. The van der Waals surface area contributed by atoms with Crippen LogP contribution in [0.2, 0.25) is 0 Å². The number of aryl methyl sites for hydroxylation is 1. The SMILES string of the molecule is CCCCCCCCCCCCCCCCOS(=O)(=O)C1CCc2ccccc21.[NaH]. The standard InChI is InChI=1S/C25H42O3S.Na.H/c1-2-3-4-5-6-7-8-9-10-11-12-13-14-17-22-28-29(26,27)25-21-20-23-18-15-16-19-24(23)25;;/h15-16,18-19,25H,2-14,17,20-22H2,1H3;;. The quantitative estimate of drug-likeness (QED) is 0.149. The third kappa shape index (κ3) is 10.6. The van der Waals surface area contributed by atoms with Gasteiger partial charge in [-0.1, -0.05) is 115 Å². The summed E-state index contributed by atoms with van der Waals surface area (Å²) < 4.78 is 30.4. The topological polar surface area (TPSA) is 43.4 Å². The predicted octanol–water partition coefficient (Wildman–Crippen LogP) is 6.85. The van der Waals surface area contributed by atoms with Crippen molar-refractivity contribution in [2.24, 2.45) is 0 Å². The fourth-order valence-corrected chi connectivity index (χ4v) is 5.83. The minimum atomic E-state index is -3.49. The molecular formula is C25H43NaO3S. The Balaban J connectivity index is 0.00000450. The molecule has 2 rings (SSSR count). The van der Waals surface area contributed by atoms with Gasteiger partial charge >= 0.3 is 29.6 Å². The van der Waals surface area contributed by atoms with Crippen molar-refractivity contribution < 1.29 is 12.6 Å². The molecule has 1 aromatic rings. The first-order valence-corrected chi connectivity index (χ1v) is 13.6. The normalized spacial score (nSPS) is 15.7. The number of unbranched alkanes of at least 4 members (excludes halogenated alkanes) is 13. The van der Waals surface area contributed by atoms with Crippen LogP contribution in [0.3, 0.4) is 0 Å². The van der Waals surface area contributed by atoms with Gasteiger partial charge in [-0.15, -0.1) is 0 Å². The molecule has 168 valence electrons. The average molecular weight is 447 g/mol. The van der Waals surface area contributed by atoms with Gasteiger partial charge < -0.3 is 0 Å². The Bertz CT molecular complexity index is 660. The molecule has 0 fully saturated rings. The number of fused-ring (bicyclic) bond motifs is 1. The Morgan fingerprint density at radius 3 is 1.87 bits per heavy atom. The van der Waals surface area contributed by atoms with Crippen LogP contribution >= 0.6 is 0 Å². The molecule has 30 heavy (non-hydrogen) atoms. The van der Waals surface area contributed by atoms with Gasteiger partial charge in [0.15, 0.2) is 0 Å². The molecule has 0 bridgehead atoms. The van der Waals surface area contributed by atoms with Gasteiger partial charge in [-0.2, -0.15) is 8.42 Å².